The fourth-order valence-electron chi connectivity index (χ4n) is 3.83. The van der Waals surface area contributed by atoms with E-state index in [0.29, 0.717) is 11.9 Å². The number of rotatable bonds is 4. The standard InChI is InChI=1S/C19H25N3/c1-12-9-13(2)17-8-7-15(18(17)10-12)5-4-6-16-11-14(3)21-19(20)22-16/h9-11,15H,4-8H2,1-3H3,(H2,20,21,22). The van der Waals surface area contributed by atoms with E-state index in [0.717, 1.165) is 24.2 Å². The second kappa shape index (κ2) is 6.07. The van der Waals surface area contributed by atoms with Crippen LogP contribution < -0.4 is 5.73 Å². The molecule has 0 fully saturated rings. The molecule has 3 heteroatoms. The molecule has 0 saturated heterocycles. The van der Waals surface area contributed by atoms with Crippen molar-refractivity contribution < 1.29 is 0 Å². The van der Waals surface area contributed by atoms with Crippen molar-refractivity contribution in [3.8, 4) is 0 Å². The van der Waals surface area contributed by atoms with Crippen LogP contribution in [0.1, 0.15) is 58.8 Å². The molecule has 1 aromatic carbocycles. The Balaban J connectivity index is 1.64. The smallest absolute Gasteiger partial charge is 0.220 e. The van der Waals surface area contributed by atoms with E-state index in [4.69, 9.17) is 5.73 Å². The summed E-state index contributed by atoms with van der Waals surface area (Å²) in [5.41, 5.74) is 13.8. The number of hydrogen-bond donors (Lipinski definition) is 1. The van der Waals surface area contributed by atoms with Gasteiger partial charge in [0.05, 0.1) is 0 Å². The van der Waals surface area contributed by atoms with E-state index in [9.17, 15) is 0 Å². The number of aryl methyl sites for hydroxylation is 4. The van der Waals surface area contributed by atoms with E-state index in [-0.39, 0.29) is 0 Å². The molecule has 1 unspecified atom stereocenters. The second-order valence-corrected chi connectivity index (χ2v) is 6.64. The number of hydrogen-bond acceptors (Lipinski definition) is 3. The van der Waals surface area contributed by atoms with Crippen molar-refractivity contribution in [1.29, 1.82) is 0 Å². The molecule has 2 aromatic rings. The molecule has 1 heterocycles. The van der Waals surface area contributed by atoms with Crippen molar-refractivity contribution in [2.45, 2.75) is 58.8 Å². The average Bonchev–Trinajstić information content (AvgIpc) is 2.81. The average molecular weight is 295 g/mol. The van der Waals surface area contributed by atoms with Crippen LogP contribution in [0.15, 0.2) is 18.2 Å². The minimum absolute atomic E-state index is 0.396. The van der Waals surface area contributed by atoms with Gasteiger partial charge in [0.2, 0.25) is 5.95 Å². The van der Waals surface area contributed by atoms with Crippen LogP contribution in [0.3, 0.4) is 0 Å². The number of fused-ring (bicyclic) bond motifs is 1. The summed E-state index contributed by atoms with van der Waals surface area (Å²) in [4.78, 5) is 8.47. The van der Waals surface area contributed by atoms with Gasteiger partial charge in [-0.3, -0.25) is 0 Å². The Kier molecular flexibility index (Phi) is 4.14. The van der Waals surface area contributed by atoms with Crippen LogP contribution in [0, 0.1) is 20.8 Å². The van der Waals surface area contributed by atoms with E-state index in [1.165, 1.54) is 30.4 Å². The molecule has 1 aliphatic carbocycles. The molecule has 116 valence electrons. The first-order valence-corrected chi connectivity index (χ1v) is 8.23. The largest absolute Gasteiger partial charge is 0.368 e. The molecule has 0 spiro atoms. The highest BCUT2D eigenvalue weighted by molar-refractivity contribution is 5.43. The first-order chi connectivity index (χ1) is 10.5. The zero-order valence-electron chi connectivity index (χ0n) is 13.8. The number of nitrogens with zero attached hydrogens (tertiary/aromatic N) is 2. The lowest BCUT2D eigenvalue weighted by atomic mass is 9.92. The quantitative estimate of drug-likeness (QED) is 0.926. The molecular formula is C19H25N3. The predicted octanol–water partition coefficient (Wildman–Crippen LogP) is 4.04. The Labute approximate surface area is 133 Å². The Morgan fingerprint density at radius 3 is 2.73 bits per heavy atom. The zero-order valence-corrected chi connectivity index (χ0v) is 13.8. The lowest BCUT2D eigenvalue weighted by Crippen LogP contribution is -2.02. The summed E-state index contributed by atoms with van der Waals surface area (Å²) in [5, 5.41) is 0. The SMILES string of the molecule is Cc1cc(C)c2c(c1)C(CCCc1cc(C)nc(N)n1)CC2. The van der Waals surface area contributed by atoms with Crippen molar-refractivity contribution in [2.75, 3.05) is 5.73 Å². The summed E-state index contributed by atoms with van der Waals surface area (Å²) in [6.07, 6.45) is 5.92. The van der Waals surface area contributed by atoms with E-state index in [1.54, 1.807) is 11.1 Å². The fraction of sp³-hybridized carbons (Fsp3) is 0.474. The second-order valence-electron chi connectivity index (χ2n) is 6.64. The molecule has 3 nitrogen and oxygen atoms in total. The van der Waals surface area contributed by atoms with Crippen molar-refractivity contribution in [1.82, 2.24) is 9.97 Å². The maximum atomic E-state index is 5.73. The van der Waals surface area contributed by atoms with E-state index in [1.807, 2.05) is 13.0 Å². The van der Waals surface area contributed by atoms with Gasteiger partial charge >= 0.3 is 0 Å². The van der Waals surface area contributed by atoms with Gasteiger partial charge in [-0.05, 0) is 81.5 Å². The molecule has 1 aromatic heterocycles. The normalized spacial score (nSPS) is 16.8. The number of anilines is 1. The lowest BCUT2D eigenvalue weighted by Gasteiger charge is -2.13. The topological polar surface area (TPSA) is 51.8 Å². The maximum Gasteiger partial charge on any atom is 0.220 e. The highest BCUT2D eigenvalue weighted by Crippen LogP contribution is 2.38. The summed E-state index contributed by atoms with van der Waals surface area (Å²) in [5.74, 6) is 1.11. The first kappa shape index (κ1) is 15.0. The molecule has 2 N–H and O–H groups in total. The minimum atomic E-state index is 0.396. The highest BCUT2D eigenvalue weighted by Gasteiger charge is 2.23. The zero-order chi connectivity index (χ0) is 15.7. The number of aromatic nitrogens is 2. The monoisotopic (exact) mass is 295 g/mol. The van der Waals surface area contributed by atoms with Crippen LogP contribution in [-0.4, -0.2) is 9.97 Å². The van der Waals surface area contributed by atoms with Crippen LogP contribution in [0.5, 0.6) is 0 Å². The Hall–Kier alpha value is -1.90. The van der Waals surface area contributed by atoms with Crippen LogP contribution in [0.2, 0.25) is 0 Å². The van der Waals surface area contributed by atoms with Crippen LogP contribution in [0.4, 0.5) is 5.95 Å². The maximum absolute atomic E-state index is 5.73. The molecule has 3 rings (SSSR count). The molecule has 0 amide bonds. The number of nitrogens with two attached hydrogens (primary N) is 1. The molecule has 1 atom stereocenters. The van der Waals surface area contributed by atoms with E-state index < -0.39 is 0 Å². The summed E-state index contributed by atoms with van der Waals surface area (Å²) >= 11 is 0. The van der Waals surface area contributed by atoms with E-state index >= 15 is 0 Å². The Morgan fingerprint density at radius 2 is 1.95 bits per heavy atom. The third-order valence-electron chi connectivity index (χ3n) is 4.74. The van der Waals surface area contributed by atoms with Gasteiger partial charge in [-0.25, -0.2) is 9.97 Å². The third-order valence-corrected chi connectivity index (χ3v) is 4.74. The summed E-state index contributed by atoms with van der Waals surface area (Å²) in [6, 6.07) is 6.76. The molecule has 0 saturated carbocycles. The van der Waals surface area contributed by atoms with Gasteiger partial charge in [0, 0.05) is 11.4 Å². The molecule has 1 aliphatic rings. The summed E-state index contributed by atoms with van der Waals surface area (Å²) in [6.45, 7) is 6.43. The fourth-order valence-corrected chi connectivity index (χ4v) is 3.83. The van der Waals surface area contributed by atoms with Crippen LogP contribution in [-0.2, 0) is 12.8 Å². The summed E-state index contributed by atoms with van der Waals surface area (Å²) in [7, 11) is 0. The predicted molar refractivity (Wildman–Crippen MR) is 91.1 cm³/mol. The van der Waals surface area contributed by atoms with Gasteiger partial charge in [0.15, 0.2) is 0 Å². The molecule has 0 aliphatic heterocycles. The number of benzene rings is 1. The summed E-state index contributed by atoms with van der Waals surface area (Å²) < 4.78 is 0. The third kappa shape index (κ3) is 3.13. The lowest BCUT2D eigenvalue weighted by molar-refractivity contribution is 0.583. The van der Waals surface area contributed by atoms with Crippen molar-refractivity contribution in [3.63, 3.8) is 0 Å². The van der Waals surface area contributed by atoms with Gasteiger partial charge in [-0.15, -0.1) is 0 Å². The van der Waals surface area contributed by atoms with Crippen LogP contribution in [0.25, 0.3) is 0 Å². The van der Waals surface area contributed by atoms with Crippen molar-refractivity contribution >= 4 is 5.95 Å². The van der Waals surface area contributed by atoms with Gasteiger partial charge in [-0.1, -0.05) is 17.7 Å². The van der Waals surface area contributed by atoms with E-state index in [2.05, 4.69) is 35.9 Å². The van der Waals surface area contributed by atoms with Gasteiger partial charge in [0.25, 0.3) is 0 Å². The van der Waals surface area contributed by atoms with Gasteiger partial charge < -0.3 is 5.73 Å². The number of nitrogen functional groups attached to an aromatic ring is 1. The molecule has 0 bridgehead atoms. The van der Waals surface area contributed by atoms with Gasteiger partial charge in [0.1, 0.15) is 0 Å². The van der Waals surface area contributed by atoms with Gasteiger partial charge in [-0.2, -0.15) is 0 Å². The molecule has 22 heavy (non-hydrogen) atoms. The Morgan fingerprint density at radius 1 is 1.14 bits per heavy atom. The highest BCUT2D eigenvalue weighted by atomic mass is 15.0. The minimum Gasteiger partial charge on any atom is -0.368 e. The van der Waals surface area contributed by atoms with Crippen molar-refractivity contribution in [3.05, 3.63) is 51.8 Å². The first-order valence-electron chi connectivity index (χ1n) is 8.23. The Bertz CT molecular complexity index is 671. The molecular weight excluding hydrogens is 270 g/mol. The van der Waals surface area contributed by atoms with Crippen LogP contribution >= 0.6 is 0 Å². The van der Waals surface area contributed by atoms with Crippen molar-refractivity contribution in [2.24, 2.45) is 0 Å². The molecule has 0 radical (unpaired) electrons.